The van der Waals surface area contributed by atoms with Crippen molar-refractivity contribution >= 4 is 22.8 Å². The molecule has 24 heavy (non-hydrogen) atoms. The van der Waals surface area contributed by atoms with Crippen LogP contribution in [0.2, 0.25) is 0 Å². The van der Waals surface area contributed by atoms with Gasteiger partial charge in [0.25, 0.3) is 0 Å². The van der Waals surface area contributed by atoms with Crippen molar-refractivity contribution in [3.05, 3.63) is 24.3 Å². The molecule has 0 aliphatic carbocycles. The number of nitriles is 1. The number of benzene rings is 1. The number of imidazole rings is 1. The summed E-state index contributed by atoms with van der Waals surface area (Å²) in [6.45, 7) is 2.08. The SMILES string of the molecule is CC(=O)Nc1nonc1-c1nc2ccccc2n1CCCCC#N. The fraction of sp³-hybridized carbons (Fsp3) is 0.312. The largest absolute Gasteiger partial charge is 0.322 e. The van der Waals surface area contributed by atoms with Crippen molar-refractivity contribution in [1.82, 2.24) is 19.9 Å². The van der Waals surface area contributed by atoms with Gasteiger partial charge in [-0.2, -0.15) is 5.26 Å². The monoisotopic (exact) mass is 324 g/mol. The summed E-state index contributed by atoms with van der Waals surface area (Å²) in [6.07, 6.45) is 2.16. The molecule has 0 aliphatic heterocycles. The lowest BCUT2D eigenvalue weighted by atomic mass is 10.2. The van der Waals surface area contributed by atoms with Gasteiger partial charge in [0, 0.05) is 19.9 Å². The third kappa shape index (κ3) is 3.10. The van der Waals surface area contributed by atoms with Gasteiger partial charge >= 0.3 is 0 Å². The van der Waals surface area contributed by atoms with Crippen LogP contribution in [-0.2, 0) is 11.3 Å². The molecule has 122 valence electrons. The van der Waals surface area contributed by atoms with Crippen LogP contribution in [0.4, 0.5) is 5.82 Å². The van der Waals surface area contributed by atoms with Crippen LogP contribution in [0.5, 0.6) is 0 Å². The summed E-state index contributed by atoms with van der Waals surface area (Å²) in [6, 6.07) is 9.89. The van der Waals surface area contributed by atoms with Crippen LogP contribution < -0.4 is 5.32 Å². The first kappa shape index (κ1) is 15.7. The molecule has 1 aromatic carbocycles. The van der Waals surface area contributed by atoms with E-state index in [2.05, 4.69) is 26.7 Å². The summed E-state index contributed by atoms with van der Waals surface area (Å²) in [5, 5.41) is 18.9. The second-order valence-corrected chi connectivity index (χ2v) is 5.33. The van der Waals surface area contributed by atoms with Crippen LogP contribution in [-0.4, -0.2) is 25.8 Å². The highest BCUT2D eigenvalue weighted by atomic mass is 16.6. The van der Waals surface area contributed by atoms with Crippen LogP contribution in [0, 0.1) is 11.3 Å². The highest BCUT2D eigenvalue weighted by Crippen LogP contribution is 2.28. The molecule has 0 atom stereocenters. The van der Waals surface area contributed by atoms with Crippen molar-refractivity contribution in [3.63, 3.8) is 0 Å². The van der Waals surface area contributed by atoms with E-state index in [1.165, 1.54) is 6.92 Å². The fourth-order valence-electron chi connectivity index (χ4n) is 2.54. The second kappa shape index (κ2) is 6.91. The van der Waals surface area contributed by atoms with E-state index >= 15 is 0 Å². The van der Waals surface area contributed by atoms with Crippen molar-refractivity contribution in [2.75, 3.05) is 5.32 Å². The van der Waals surface area contributed by atoms with Gasteiger partial charge < -0.3 is 9.88 Å². The molecule has 2 heterocycles. The molecule has 8 nitrogen and oxygen atoms in total. The molecular formula is C16H16N6O2. The van der Waals surface area contributed by atoms with Crippen molar-refractivity contribution in [1.29, 1.82) is 5.26 Å². The highest BCUT2D eigenvalue weighted by molar-refractivity contribution is 5.91. The number of amides is 1. The summed E-state index contributed by atoms with van der Waals surface area (Å²) in [4.78, 5) is 15.9. The minimum absolute atomic E-state index is 0.246. The van der Waals surface area contributed by atoms with E-state index in [1.54, 1.807) is 0 Å². The van der Waals surface area contributed by atoms with Crippen LogP contribution >= 0.6 is 0 Å². The molecule has 0 radical (unpaired) electrons. The zero-order chi connectivity index (χ0) is 16.9. The molecule has 0 unspecified atom stereocenters. The van der Waals surface area contributed by atoms with Gasteiger partial charge in [0.15, 0.2) is 11.5 Å². The topological polar surface area (TPSA) is 110 Å². The van der Waals surface area contributed by atoms with E-state index < -0.39 is 0 Å². The Bertz CT molecular complexity index is 905. The maximum Gasteiger partial charge on any atom is 0.222 e. The van der Waals surface area contributed by atoms with Gasteiger partial charge in [0.2, 0.25) is 11.7 Å². The summed E-state index contributed by atoms with van der Waals surface area (Å²) in [5.41, 5.74) is 2.17. The first-order valence-electron chi connectivity index (χ1n) is 7.63. The van der Waals surface area contributed by atoms with E-state index in [-0.39, 0.29) is 11.7 Å². The molecule has 2 aromatic heterocycles. The summed E-state index contributed by atoms with van der Waals surface area (Å²) < 4.78 is 6.80. The minimum atomic E-state index is -0.261. The Morgan fingerprint density at radius 2 is 2.17 bits per heavy atom. The first-order chi connectivity index (χ1) is 11.7. The van der Waals surface area contributed by atoms with Gasteiger partial charge in [0.05, 0.1) is 17.1 Å². The normalized spacial score (nSPS) is 10.7. The van der Waals surface area contributed by atoms with Crippen molar-refractivity contribution in [2.45, 2.75) is 32.7 Å². The molecule has 0 fully saturated rings. The molecule has 0 saturated carbocycles. The number of nitrogens with zero attached hydrogens (tertiary/aromatic N) is 5. The van der Waals surface area contributed by atoms with Crippen LogP contribution in [0.3, 0.4) is 0 Å². The van der Waals surface area contributed by atoms with Gasteiger partial charge in [-0.15, -0.1) is 0 Å². The van der Waals surface area contributed by atoms with E-state index in [4.69, 9.17) is 9.89 Å². The number of carbonyl (C=O) groups excluding carboxylic acids is 1. The Kier molecular flexibility index (Phi) is 4.52. The standard InChI is InChI=1S/C16H16N6O2/c1-11(23)18-15-14(20-24-21-15)16-19-12-7-3-4-8-13(12)22(16)10-6-2-5-9-17/h3-4,7-8H,2,5-6,10H2,1H3,(H,18,21,23). The summed E-state index contributed by atoms with van der Waals surface area (Å²) >= 11 is 0. The molecule has 8 heteroatoms. The number of carbonyl (C=O) groups is 1. The Morgan fingerprint density at radius 3 is 2.96 bits per heavy atom. The minimum Gasteiger partial charge on any atom is -0.322 e. The summed E-state index contributed by atoms with van der Waals surface area (Å²) in [5.74, 6) is 0.567. The Balaban J connectivity index is 2.02. The van der Waals surface area contributed by atoms with Gasteiger partial charge in [-0.1, -0.05) is 12.1 Å². The lowest BCUT2D eigenvalue weighted by molar-refractivity contribution is -0.114. The smallest absolute Gasteiger partial charge is 0.222 e. The number of hydrogen-bond acceptors (Lipinski definition) is 6. The van der Waals surface area contributed by atoms with Crippen molar-refractivity contribution in [3.8, 4) is 17.6 Å². The van der Waals surface area contributed by atoms with E-state index in [0.717, 1.165) is 23.9 Å². The molecule has 0 bridgehead atoms. The number of aryl methyl sites for hydroxylation is 1. The van der Waals surface area contributed by atoms with Crippen molar-refractivity contribution < 1.29 is 9.42 Å². The number of fused-ring (bicyclic) bond motifs is 1. The van der Waals surface area contributed by atoms with E-state index in [1.807, 2.05) is 28.8 Å². The van der Waals surface area contributed by atoms with Gasteiger partial charge in [-0.3, -0.25) is 4.79 Å². The molecule has 0 aliphatic rings. The number of nitrogens with one attached hydrogen (secondary N) is 1. The predicted molar refractivity (Wildman–Crippen MR) is 86.8 cm³/mol. The van der Waals surface area contributed by atoms with E-state index in [9.17, 15) is 4.79 Å². The number of para-hydroxylation sites is 2. The number of unbranched alkanes of at least 4 members (excludes halogenated alkanes) is 2. The second-order valence-electron chi connectivity index (χ2n) is 5.33. The molecule has 0 saturated heterocycles. The van der Waals surface area contributed by atoms with Crippen LogP contribution in [0.15, 0.2) is 28.9 Å². The molecule has 3 rings (SSSR count). The quantitative estimate of drug-likeness (QED) is 0.698. The zero-order valence-electron chi connectivity index (χ0n) is 13.2. The average molecular weight is 324 g/mol. The Labute approximate surface area is 138 Å². The third-order valence-corrected chi connectivity index (χ3v) is 3.57. The number of rotatable bonds is 6. The summed E-state index contributed by atoms with van der Waals surface area (Å²) in [7, 11) is 0. The number of aromatic nitrogens is 4. The van der Waals surface area contributed by atoms with E-state index in [0.29, 0.717) is 24.5 Å². The fourth-order valence-corrected chi connectivity index (χ4v) is 2.54. The van der Waals surface area contributed by atoms with Gasteiger partial charge in [-0.25, -0.2) is 9.61 Å². The lowest BCUT2D eigenvalue weighted by Gasteiger charge is -2.07. The molecule has 0 spiro atoms. The maximum atomic E-state index is 11.3. The third-order valence-electron chi connectivity index (χ3n) is 3.57. The lowest BCUT2D eigenvalue weighted by Crippen LogP contribution is -2.08. The van der Waals surface area contributed by atoms with Crippen LogP contribution in [0.1, 0.15) is 26.2 Å². The number of anilines is 1. The average Bonchev–Trinajstić information content (AvgIpc) is 3.15. The molecule has 3 aromatic rings. The molecule has 1 amide bonds. The zero-order valence-corrected chi connectivity index (χ0v) is 13.2. The Hall–Kier alpha value is -3.21. The molecule has 1 N–H and O–H groups in total. The van der Waals surface area contributed by atoms with Gasteiger partial charge in [0.1, 0.15) is 0 Å². The highest BCUT2D eigenvalue weighted by Gasteiger charge is 2.20. The molecular weight excluding hydrogens is 308 g/mol. The first-order valence-corrected chi connectivity index (χ1v) is 7.63. The predicted octanol–water partition coefficient (Wildman–Crippen LogP) is 2.74. The van der Waals surface area contributed by atoms with Gasteiger partial charge in [-0.05, 0) is 35.3 Å². The van der Waals surface area contributed by atoms with Crippen LogP contribution in [0.25, 0.3) is 22.6 Å². The Morgan fingerprint density at radius 1 is 1.33 bits per heavy atom. The maximum absolute atomic E-state index is 11.3. The van der Waals surface area contributed by atoms with Crippen molar-refractivity contribution in [2.24, 2.45) is 0 Å². The number of hydrogen-bond donors (Lipinski definition) is 1.